The van der Waals surface area contributed by atoms with Gasteiger partial charge in [0.15, 0.2) is 0 Å². The third-order valence-corrected chi connectivity index (χ3v) is 4.13. The van der Waals surface area contributed by atoms with E-state index in [1.807, 2.05) is 0 Å². The smallest absolute Gasteiger partial charge is 0.303 e. The number of carbonyl (C=O) groups excluding carboxylic acids is 1. The Labute approximate surface area is 204 Å². The van der Waals surface area contributed by atoms with Crippen molar-refractivity contribution in [2.24, 2.45) is 0 Å². The molecule has 0 aliphatic rings. The number of halogens is 1. The zero-order chi connectivity index (χ0) is 24.2. The van der Waals surface area contributed by atoms with Gasteiger partial charge in [-0.15, -0.1) is 0 Å². The molecule has 0 radical (unpaired) electrons. The van der Waals surface area contributed by atoms with Crippen molar-refractivity contribution in [2.45, 2.75) is 19.3 Å². The van der Waals surface area contributed by atoms with Crippen LogP contribution in [0.25, 0.3) is 0 Å². The van der Waals surface area contributed by atoms with Crippen molar-refractivity contribution in [3.05, 3.63) is 0 Å². The van der Waals surface area contributed by atoms with E-state index >= 15 is 0 Å². The van der Waals surface area contributed by atoms with Crippen LogP contribution in [0, 0.1) is 0 Å². The summed E-state index contributed by atoms with van der Waals surface area (Å²) in [7, 11) is 0. The summed E-state index contributed by atoms with van der Waals surface area (Å²) in [5, 5.41) is 12.0. The molecular weight excluding hydrogens is 506 g/mol. The third-order valence-electron chi connectivity index (χ3n) is 3.81. The van der Waals surface area contributed by atoms with E-state index < -0.39 is 5.97 Å². The van der Waals surface area contributed by atoms with Crippen LogP contribution in [-0.4, -0.2) is 121 Å². The van der Waals surface area contributed by atoms with Gasteiger partial charge in [-0.25, -0.2) is 0 Å². The first-order chi connectivity index (χ1) is 16.2. The molecule has 11 nitrogen and oxygen atoms in total. The lowest BCUT2D eigenvalue weighted by Crippen LogP contribution is -2.25. The molecule has 0 unspecified atom stereocenters. The van der Waals surface area contributed by atoms with Gasteiger partial charge in [0.25, 0.3) is 0 Å². The number of hydrogen-bond donors (Lipinski definition) is 2. The Balaban J connectivity index is 3.08. The van der Waals surface area contributed by atoms with Gasteiger partial charge >= 0.3 is 5.97 Å². The number of carbonyl (C=O) groups is 2. The van der Waals surface area contributed by atoms with Crippen LogP contribution < -0.4 is 5.32 Å². The van der Waals surface area contributed by atoms with Crippen LogP contribution in [0.3, 0.4) is 0 Å². The van der Waals surface area contributed by atoms with Gasteiger partial charge in [0, 0.05) is 24.9 Å². The lowest BCUT2D eigenvalue weighted by atomic mass is 10.3. The summed E-state index contributed by atoms with van der Waals surface area (Å²) in [6.45, 7) is 7.81. The van der Waals surface area contributed by atoms with Gasteiger partial charge in [-0.3, -0.25) is 9.59 Å². The molecule has 0 heterocycles. The van der Waals surface area contributed by atoms with E-state index in [2.05, 4.69) is 21.2 Å². The maximum absolute atomic E-state index is 11.3. The molecule has 33 heavy (non-hydrogen) atoms. The van der Waals surface area contributed by atoms with Gasteiger partial charge in [0.2, 0.25) is 5.91 Å². The minimum atomic E-state index is -0.978. The monoisotopic (exact) mass is 545 g/mol. The van der Waals surface area contributed by atoms with Gasteiger partial charge in [-0.05, 0) is 6.42 Å². The molecule has 1 amide bonds. The first-order valence-electron chi connectivity index (χ1n) is 11.3. The summed E-state index contributed by atoms with van der Waals surface area (Å²) < 4.78 is 37.6. The molecule has 0 aliphatic carbocycles. The molecule has 12 heteroatoms. The zero-order valence-electron chi connectivity index (χ0n) is 19.4. The molecule has 0 bridgehead atoms. The second-order valence-electron chi connectivity index (χ2n) is 6.57. The highest BCUT2D eigenvalue weighted by molar-refractivity contribution is 9.09. The van der Waals surface area contributed by atoms with Crippen LogP contribution >= 0.6 is 15.9 Å². The zero-order valence-corrected chi connectivity index (χ0v) is 21.0. The first-order valence-corrected chi connectivity index (χ1v) is 12.4. The van der Waals surface area contributed by atoms with Gasteiger partial charge in [0.05, 0.1) is 92.3 Å². The van der Waals surface area contributed by atoms with E-state index in [0.29, 0.717) is 105 Å². The highest BCUT2D eigenvalue weighted by atomic mass is 79.9. The molecule has 0 aliphatic heterocycles. The number of carboxylic acids is 1. The molecule has 0 saturated carbocycles. The Morgan fingerprint density at radius 2 is 0.939 bits per heavy atom. The molecule has 196 valence electrons. The minimum absolute atomic E-state index is 0.00234. The quantitative estimate of drug-likeness (QED) is 0.113. The Hall–Kier alpha value is -0.860. The Morgan fingerprint density at radius 3 is 1.30 bits per heavy atom. The molecule has 0 aromatic heterocycles. The van der Waals surface area contributed by atoms with Crippen molar-refractivity contribution >= 4 is 27.8 Å². The van der Waals surface area contributed by atoms with E-state index in [-0.39, 0.29) is 18.7 Å². The van der Waals surface area contributed by atoms with Crippen LogP contribution in [0.1, 0.15) is 19.3 Å². The summed E-state index contributed by atoms with van der Waals surface area (Å²) >= 11 is 3.28. The van der Waals surface area contributed by atoms with Gasteiger partial charge in [-0.2, -0.15) is 0 Å². The summed E-state index contributed by atoms with van der Waals surface area (Å²) in [6.07, 6.45) is 0.503. The van der Waals surface area contributed by atoms with Gasteiger partial charge in [-0.1, -0.05) is 15.9 Å². The fourth-order valence-corrected chi connectivity index (χ4v) is 2.42. The third kappa shape index (κ3) is 29.1. The molecule has 0 atom stereocenters. The largest absolute Gasteiger partial charge is 0.481 e. The van der Waals surface area contributed by atoms with Crippen molar-refractivity contribution in [1.29, 1.82) is 0 Å². The fourth-order valence-electron chi connectivity index (χ4n) is 2.19. The molecular formula is C21H40BrNO10. The maximum atomic E-state index is 11.3. The van der Waals surface area contributed by atoms with Crippen LogP contribution in [0.4, 0.5) is 0 Å². The standard InChI is InChI=1S/C21H40BrNO10/c22-4-7-28-9-11-30-13-15-32-17-19-33-18-16-31-14-12-29-10-8-27-6-1-5-23-20(24)2-3-21(25)26/h1-19H2,(H,23,24)(H,25,26). The second kappa shape index (κ2) is 27.4. The fraction of sp³-hybridized carbons (Fsp3) is 0.905. The van der Waals surface area contributed by atoms with Gasteiger partial charge in [0.1, 0.15) is 0 Å². The second-order valence-corrected chi connectivity index (χ2v) is 7.37. The molecule has 0 aromatic carbocycles. The number of carboxylic acid groups (broad SMARTS) is 1. The van der Waals surface area contributed by atoms with Crippen molar-refractivity contribution in [3.63, 3.8) is 0 Å². The van der Waals surface area contributed by atoms with Crippen molar-refractivity contribution in [2.75, 3.05) is 104 Å². The molecule has 0 fully saturated rings. The van der Waals surface area contributed by atoms with Crippen LogP contribution in [0.5, 0.6) is 0 Å². The number of nitrogens with one attached hydrogen (secondary N) is 1. The molecule has 0 spiro atoms. The number of alkyl halides is 1. The van der Waals surface area contributed by atoms with Crippen molar-refractivity contribution < 1.29 is 47.9 Å². The highest BCUT2D eigenvalue weighted by Gasteiger charge is 2.04. The van der Waals surface area contributed by atoms with E-state index in [4.69, 9.17) is 38.3 Å². The Kier molecular flexibility index (Phi) is 26.7. The summed E-state index contributed by atoms with van der Waals surface area (Å²) in [5.41, 5.74) is 0. The van der Waals surface area contributed by atoms with Crippen molar-refractivity contribution in [3.8, 4) is 0 Å². The number of rotatable bonds is 27. The molecule has 0 rings (SSSR count). The van der Waals surface area contributed by atoms with Crippen LogP contribution in [0.2, 0.25) is 0 Å². The summed E-state index contributed by atoms with van der Waals surface area (Å²) in [4.78, 5) is 21.7. The molecule has 2 N–H and O–H groups in total. The van der Waals surface area contributed by atoms with E-state index in [9.17, 15) is 9.59 Å². The first kappa shape index (κ1) is 32.1. The topological polar surface area (TPSA) is 131 Å². The number of ether oxygens (including phenoxy) is 7. The van der Waals surface area contributed by atoms with E-state index in [1.165, 1.54) is 0 Å². The summed E-state index contributed by atoms with van der Waals surface area (Å²) in [5.74, 6) is -1.24. The Bertz CT molecular complexity index is 445. The van der Waals surface area contributed by atoms with Crippen molar-refractivity contribution in [1.82, 2.24) is 5.32 Å². The molecule has 0 saturated heterocycles. The highest BCUT2D eigenvalue weighted by Crippen LogP contribution is 1.90. The summed E-state index contributed by atoms with van der Waals surface area (Å²) in [6, 6.07) is 0. The Morgan fingerprint density at radius 1 is 0.576 bits per heavy atom. The maximum Gasteiger partial charge on any atom is 0.303 e. The average Bonchev–Trinajstić information content (AvgIpc) is 2.80. The number of aliphatic carboxylic acids is 1. The molecule has 0 aromatic rings. The van der Waals surface area contributed by atoms with E-state index in [1.54, 1.807) is 0 Å². The predicted molar refractivity (Wildman–Crippen MR) is 124 cm³/mol. The van der Waals surface area contributed by atoms with E-state index in [0.717, 1.165) is 5.33 Å². The van der Waals surface area contributed by atoms with Crippen LogP contribution in [0.15, 0.2) is 0 Å². The van der Waals surface area contributed by atoms with Crippen LogP contribution in [-0.2, 0) is 42.7 Å². The number of amides is 1. The predicted octanol–water partition coefficient (Wildman–Crippen LogP) is 0.869. The minimum Gasteiger partial charge on any atom is -0.481 e. The lowest BCUT2D eigenvalue weighted by Gasteiger charge is -2.08. The normalized spacial score (nSPS) is 11.1. The lowest BCUT2D eigenvalue weighted by molar-refractivity contribution is -0.138. The van der Waals surface area contributed by atoms with Gasteiger partial charge < -0.3 is 43.6 Å². The average molecular weight is 546 g/mol. The SMILES string of the molecule is O=C(O)CCC(=O)NCCCOCCOCCOCCOCCOCCOCCOCCBr. The number of hydrogen-bond acceptors (Lipinski definition) is 9.